The Hall–Kier alpha value is -1.23. The van der Waals surface area contributed by atoms with Gasteiger partial charge in [0.2, 0.25) is 0 Å². The number of rotatable bonds is 1. The van der Waals surface area contributed by atoms with Crippen molar-refractivity contribution in [2.75, 3.05) is 0 Å². The molecule has 4 nitrogen and oxygen atoms in total. The van der Waals surface area contributed by atoms with Gasteiger partial charge >= 0.3 is 0 Å². The lowest BCUT2D eigenvalue weighted by Crippen LogP contribution is -1.99. The van der Waals surface area contributed by atoms with Crippen LogP contribution in [-0.2, 0) is 0 Å². The van der Waals surface area contributed by atoms with Crippen molar-refractivity contribution in [3.05, 3.63) is 34.9 Å². The van der Waals surface area contributed by atoms with Gasteiger partial charge in [0.15, 0.2) is 5.82 Å². The van der Waals surface area contributed by atoms with Crippen LogP contribution in [0.5, 0.6) is 0 Å². The van der Waals surface area contributed by atoms with Crippen molar-refractivity contribution >= 4 is 15.9 Å². The van der Waals surface area contributed by atoms with Gasteiger partial charge in [0.25, 0.3) is 0 Å². The second kappa shape index (κ2) is 3.26. The summed E-state index contributed by atoms with van der Waals surface area (Å²) in [6.07, 6.45) is -1.48. The van der Waals surface area contributed by atoms with E-state index >= 15 is 0 Å². The van der Waals surface area contributed by atoms with E-state index < -0.39 is 24.9 Å². The average Bonchev–Trinajstić information content (AvgIpc) is 2.55. The molecule has 5 heteroatoms. The number of aromatic nitrogens is 4. The number of nitrogens with zero attached hydrogens (tertiary/aromatic N) is 4. The van der Waals surface area contributed by atoms with Gasteiger partial charge < -0.3 is 0 Å². The van der Waals surface area contributed by atoms with Crippen LogP contribution in [-0.4, -0.2) is 19.7 Å². The van der Waals surface area contributed by atoms with E-state index in [4.69, 9.17) is 9.60 Å². The summed E-state index contributed by atoms with van der Waals surface area (Å²) >= 11 is 2.96. The summed E-state index contributed by atoms with van der Waals surface area (Å²) in [5, 5.41) is 3.78. The lowest BCUT2D eigenvalue weighted by molar-refractivity contribution is 0.822. The van der Waals surface area contributed by atoms with E-state index in [0.29, 0.717) is 0 Å². The number of halogens is 1. The van der Waals surface area contributed by atoms with E-state index in [1.807, 2.05) is 0 Å². The predicted octanol–water partition coefficient (Wildman–Crippen LogP) is 1.73. The largest absolute Gasteiger partial charge is 0.259 e. The zero-order chi connectivity index (χ0) is 15.2. The van der Waals surface area contributed by atoms with Crippen LogP contribution in [0.2, 0.25) is 0 Å². The molecule has 0 unspecified atom stereocenters. The minimum Gasteiger partial charge on any atom is -0.259 e. The fraction of sp³-hybridized carbons (Fsp3) is 0.125. The van der Waals surface area contributed by atoms with Crippen LogP contribution in [0.3, 0.4) is 0 Å². The zero-order valence-corrected chi connectivity index (χ0v) is 7.75. The zero-order valence-electron chi connectivity index (χ0n) is 13.2. The Morgan fingerprint density at radius 3 is 3.23 bits per heavy atom. The van der Waals surface area contributed by atoms with Crippen LogP contribution in [0.1, 0.15) is 15.3 Å². The van der Waals surface area contributed by atoms with Crippen molar-refractivity contribution in [1.82, 2.24) is 19.7 Å². The normalized spacial score (nSPS) is 19.0. The first-order chi connectivity index (χ1) is 9.12. The summed E-state index contributed by atoms with van der Waals surface area (Å²) in [6, 6.07) is -0.225. The summed E-state index contributed by atoms with van der Waals surface area (Å²) in [6.45, 7) is -2.66. The molecule has 13 heavy (non-hydrogen) atoms. The number of hydrogen-bond acceptors (Lipinski definition) is 3. The molecule has 0 radical (unpaired) electrons. The van der Waals surface area contributed by atoms with Gasteiger partial charge in [-0.25, -0.2) is 9.67 Å². The molecule has 66 valence electrons. The molecule has 0 N–H and O–H groups in total. The SMILES string of the molecule is [2H]c1nc([2H])c(C([2H])([2H])[2H])nc1-n1nc(Br)c([2H])c1[2H]. The molecular weight excluding hydrogens is 232 g/mol. The monoisotopic (exact) mass is 245 g/mol. The van der Waals surface area contributed by atoms with Crippen molar-refractivity contribution in [1.29, 1.82) is 0 Å². The molecule has 0 aliphatic carbocycles. The van der Waals surface area contributed by atoms with Crippen LogP contribution in [0.25, 0.3) is 5.82 Å². The van der Waals surface area contributed by atoms with Crippen LogP contribution < -0.4 is 0 Å². The first kappa shape index (κ1) is 3.49. The smallest absolute Gasteiger partial charge is 0.172 e. The van der Waals surface area contributed by atoms with Crippen molar-refractivity contribution in [3.63, 3.8) is 0 Å². The third kappa shape index (κ3) is 1.75. The summed E-state index contributed by atoms with van der Waals surface area (Å²) in [5.41, 5.74) is -0.582. The third-order valence-corrected chi connectivity index (χ3v) is 1.55. The first-order valence-corrected chi connectivity index (χ1v) is 4.00. The average molecular weight is 246 g/mol. The molecular formula is C8H7BrN4. The van der Waals surface area contributed by atoms with Gasteiger partial charge in [-0.3, -0.25) is 4.98 Å². The topological polar surface area (TPSA) is 43.6 Å². The minimum atomic E-state index is -2.66. The highest BCUT2D eigenvalue weighted by atomic mass is 79.9. The Kier molecular flexibility index (Phi) is 0.875. The van der Waals surface area contributed by atoms with Crippen LogP contribution in [0, 0.1) is 6.85 Å². The lowest BCUT2D eigenvalue weighted by atomic mass is 10.5. The van der Waals surface area contributed by atoms with Crippen LogP contribution >= 0.6 is 15.9 Å². The molecule has 0 aliphatic rings. The highest BCUT2D eigenvalue weighted by Crippen LogP contribution is 2.08. The highest BCUT2D eigenvalue weighted by Gasteiger charge is 1.99. The first-order valence-electron chi connectivity index (χ1n) is 6.70. The van der Waals surface area contributed by atoms with Gasteiger partial charge in [0.05, 0.1) is 17.3 Å². The standard InChI is InChI=1S/C8H7BrN4/c1-6-4-10-5-8(11-6)13-3-2-7(9)12-13/h2-5H,1H3/i1D3,2D,3D,4D,5D. The fourth-order valence-electron chi connectivity index (χ4n) is 0.719. The Morgan fingerprint density at radius 1 is 1.62 bits per heavy atom. The van der Waals surface area contributed by atoms with Crippen molar-refractivity contribution in [3.8, 4) is 5.82 Å². The molecule has 0 aliphatic heterocycles. The van der Waals surface area contributed by atoms with E-state index in [-0.39, 0.29) is 22.6 Å². The van der Waals surface area contributed by atoms with E-state index in [0.717, 1.165) is 4.68 Å². The molecule has 0 amide bonds. The Labute approximate surface area is 93.6 Å². The molecule has 0 saturated heterocycles. The van der Waals surface area contributed by atoms with E-state index in [1.54, 1.807) is 0 Å². The van der Waals surface area contributed by atoms with E-state index in [2.05, 4.69) is 31.0 Å². The second-order valence-electron chi connectivity index (χ2n) is 2.06. The maximum Gasteiger partial charge on any atom is 0.172 e. The van der Waals surface area contributed by atoms with E-state index in [9.17, 15) is 0 Å². The van der Waals surface area contributed by atoms with Crippen LogP contribution in [0.15, 0.2) is 29.2 Å². The van der Waals surface area contributed by atoms with Gasteiger partial charge in [0, 0.05) is 16.5 Å². The molecule has 0 saturated carbocycles. The maximum atomic E-state index is 7.67. The third-order valence-electron chi connectivity index (χ3n) is 1.19. The quantitative estimate of drug-likeness (QED) is 0.769. The van der Waals surface area contributed by atoms with Gasteiger partial charge in [-0.1, -0.05) is 0 Å². The van der Waals surface area contributed by atoms with Crippen molar-refractivity contribution in [2.45, 2.75) is 6.85 Å². The summed E-state index contributed by atoms with van der Waals surface area (Å²) < 4.78 is 53.0. The van der Waals surface area contributed by atoms with Crippen molar-refractivity contribution < 1.29 is 9.60 Å². The molecule has 2 aromatic heterocycles. The highest BCUT2D eigenvalue weighted by molar-refractivity contribution is 9.10. The van der Waals surface area contributed by atoms with Gasteiger partial charge in [-0.2, -0.15) is 5.10 Å². The molecule has 0 fully saturated rings. The maximum absolute atomic E-state index is 7.67. The molecule has 0 atom stereocenters. The fourth-order valence-corrected chi connectivity index (χ4v) is 0.966. The molecule has 0 bridgehead atoms. The minimum absolute atomic E-state index is 0.0640. The Bertz CT molecular complexity index is 680. The summed E-state index contributed by atoms with van der Waals surface area (Å²) in [5.74, 6) is -0.309. The van der Waals surface area contributed by atoms with Crippen LogP contribution in [0.4, 0.5) is 0 Å². The lowest BCUT2D eigenvalue weighted by Gasteiger charge is -1.99. The number of hydrogen-bond donors (Lipinski definition) is 0. The molecule has 2 rings (SSSR count). The Morgan fingerprint density at radius 2 is 2.54 bits per heavy atom. The molecule has 0 spiro atoms. The molecule has 2 heterocycles. The van der Waals surface area contributed by atoms with Gasteiger partial charge in [-0.15, -0.1) is 0 Å². The molecule has 0 aromatic carbocycles. The van der Waals surface area contributed by atoms with E-state index in [1.165, 1.54) is 0 Å². The summed E-state index contributed by atoms with van der Waals surface area (Å²) in [4.78, 5) is 7.19. The second-order valence-corrected chi connectivity index (χ2v) is 2.81. The van der Waals surface area contributed by atoms with Gasteiger partial charge in [0.1, 0.15) is 4.60 Å². The van der Waals surface area contributed by atoms with Crippen molar-refractivity contribution in [2.24, 2.45) is 0 Å². The number of aryl methyl sites for hydroxylation is 1. The Balaban J connectivity index is 2.71. The predicted molar refractivity (Wildman–Crippen MR) is 51.6 cm³/mol. The molecule has 2 aromatic rings. The van der Waals surface area contributed by atoms with Gasteiger partial charge in [-0.05, 0) is 28.8 Å². The summed E-state index contributed by atoms with van der Waals surface area (Å²) in [7, 11) is 0.